The number of rotatable bonds is 10. The fraction of sp³-hybridized carbons (Fsp3) is 0.121. The smallest absolute Gasteiger partial charge is 0.335 e. The van der Waals surface area contributed by atoms with Gasteiger partial charge in [0.15, 0.2) is 23.0 Å². The zero-order valence-electron chi connectivity index (χ0n) is 23.0. The van der Waals surface area contributed by atoms with Crippen LogP contribution in [0.5, 0.6) is 23.0 Å². The van der Waals surface area contributed by atoms with Crippen LogP contribution < -0.4 is 29.2 Å². The molecule has 0 bridgehead atoms. The molecule has 1 aliphatic heterocycles. The first-order valence-electron chi connectivity index (χ1n) is 13.1. The number of nitrogens with zero attached hydrogens (tertiary/aromatic N) is 1. The van der Waals surface area contributed by atoms with Gasteiger partial charge in [0, 0.05) is 0 Å². The summed E-state index contributed by atoms with van der Waals surface area (Å²) in [6.07, 6.45) is 1.41. The van der Waals surface area contributed by atoms with Crippen molar-refractivity contribution in [3.05, 3.63) is 119 Å². The SMILES string of the molecule is COc1cc(/C=C2/C(=O)NC(=O)N(c3ccccc3)C2=O)ccc1OCc1ccc(OCc2ccccc2)c(OC)c1. The molecule has 4 aromatic carbocycles. The van der Waals surface area contributed by atoms with Gasteiger partial charge in [0.2, 0.25) is 0 Å². The number of ether oxygens (including phenoxy) is 4. The minimum atomic E-state index is -0.804. The van der Waals surface area contributed by atoms with Gasteiger partial charge >= 0.3 is 6.03 Å². The molecule has 9 nitrogen and oxygen atoms in total. The Labute approximate surface area is 242 Å². The maximum atomic E-state index is 13.1. The van der Waals surface area contributed by atoms with Crippen molar-refractivity contribution in [3.8, 4) is 23.0 Å². The molecule has 1 heterocycles. The van der Waals surface area contributed by atoms with Gasteiger partial charge in [0.05, 0.1) is 19.9 Å². The van der Waals surface area contributed by atoms with E-state index in [1.807, 2.05) is 48.5 Å². The molecule has 1 saturated heterocycles. The summed E-state index contributed by atoms with van der Waals surface area (Å²) in [4.78, 5) is 39.0. The zero-order chi connectivity index (χ0) is 29.5. The highest BCUT2D eigenvalue weighted by Crippen LogP contribution is 2.33. The lowest BCUT2D eigenvalue weighted by molar-refractivity contribution is -0.122. The average Bonchev–Trinajstić information content (AvgIpc) is 3.02. The second kappa shape index (κ2) is 12.7. The van der Waals surface area contributed by atoms with Crippen LogP contribution in [0.3, 0.4) is 0 Å². The van der Waals surface area contributed by atoms with Crippen molar-refractivity contribution >= 4 is 29.6 Å². The molecular weight excluding hydrogens is 536 g/mol. The monoisotopic (exact) mass is 564 g/mol. The lowest BCUT2D eigenvalue weighted by Gasteiger charge is -2.26. The van der Waals surface area contributed by atoms with E-state index in [0.717, 1.165) is 16.0 Å². The summed E-state index contributed by atoms with van der Waals surface area (Å²) in [6, 6.07) is 28.0. The van der Waals surface area contributed by atoms with Crippen molar-refractivity contribution in [1.29, 1.82) is 0 Å². The number of imide groups is 2. The van der Waals surface area contributed by atoms with Gasteiger partial charge in [-0.3, -0.25) is 14.9 Å². The summed E-state index contributed by atoms with van der Waals surface area (Å²) >= 11 is 0. The van der Waals surface area contributed by atoms with E-state index >= 15 is 0 Å². The van der Waals surface area contributed by atoms with Gasteiger partial charge in [0.1, 0.15) is 18.8 Å². The van der Waals surface area contributed by atoms with E-state index in [2.05, 4.69) is 5.32 Å². The number of urea groups is 1. The molecule has 1 N–H and O–H groups in total. The maximum absolute atomic E-state index is 13.1. The zero-order valence-corrected chi connectivity index (χ0v) is 23.0. The van der Waals surface area contributed by atoms with E-state index in [0.29, 0.717) is 40.9 Å². The van der Waals surface area contributed by atoms with Crippen molar-refractivity contribution in [2.45, 2.75) is 13.2 Å². The standard InChI is InChI=1S/C33H28N2O7/c1-39-29-18-23(17-26-31(36)34-33(38)35(32(26)37)25-11-7-4-8-12-25)13-15-27(29)42-21-24-14-16-28(30(19-24)40-2)41-20-22-9-5-3-6-10-22/h3-19H,20-21H2,1-2H3,(H,34,36,38)/b26-17-. The van der Waals surface area contributed by atoms with Crippen LogP contribution in [0.4, 0.5) is 10.5 Å². The molecular formula is C33H28N2O7. The van der Waals surface area contributed by atoms with E-state index < -0.39 is 17.8 Å². The normalized spacial score (nSPS) is 14.0. The molecule has 0 spiro atoms. The van der Waals surface area contributed by atoms with Crippen molar-refractivity contribution in [3.63, 3.8) is 0 Å². The van der Waals surface area contributed by atoms with Crippen molar-refractivity contribution in [2.75, 3.05) is 19.1 Å². The van der Waals surface area contributed by atoms with Crippen LogP contribution in [-0.4, -0.2) is 32.1 Å². The number of benzene rings is 4. The predicted octanol–water partition coefficient (Wildman–Crippen LogP) is 5.53. The molecule has 0 unspecified atom stereocenters. The predicted molar refractivity (Wildman–Crippen MR) is 157 cm³/mol. The maximum Gasteiger partial charge on any atom is 0.335 e. The van der Waals surface area contributed by atoms with Crippen LogP contribution in [0.25, 0.3) is 6.08 Å². The summed E-state index contributed by atoms with van der Waals surface area (Å²) in [5.74, 6) is 0.566. The number of methoxy groups -OCH3 is 2. The molecule has 4 amide bonds. The topological polar surface area (TPSA) is 103 Å². The molecule has 0 aliphatic carbocycles. The molecule has 212 valence electrons. The molecule has 42 heavy (non-hydrogen) atoms. The summed E-state index contributed by atoms with van der Waals surface area (Å²) in [7, 11) is 3.08. The van der Waals surface area contributed by atoms with Crippen LogP contribution in [0.1, 0.15) is 16.7 Å². The number of anilines is 1. The lowest BCUT2D eigenvalue weighted by atomic mass is 10.1. The number of barbiturate groups is 1. The quantitative estimate of drug-likeness (QED) is 0.200. The van der Waals surface area contributed by atoms with Gasteiger partial charge in [-0.1, -0.05) is 60.7 Å². The van der Waals surface area contributed by atoms with Gasteiger partial charge in [-0.05, 0) is 59.2 Å². The molecule has 1 fully saturated rings. The molecule has 0 aromatic heterocycles. The third kappa shape index (κ3) is 6.26. The van der Waals surface area contributed by atoms with E-state index in [-0.39, 0.29) is 12.2 Å². The van der Waals surface area contributed by atoms with Crippen LogP contribution in [0.15, 0.2) is 103 Å². The second-order valence-electron chi connectivity index (χ2n) is 9.25. The Morgan fingerprint density at radius 3 is 1.93 bits per heavy atom. The first kappa shape index (κ1) is 28.0. The highest BCUT2D eigenvalue weighted by molar-refractivity contribution is 6.39. The first-order valence-corrected chi connectivity index (χ1v) is 13.1. The Kier molecular flexibility index (Phi) is 8.48. The second-order valence-corrected chi connectivity index (χ2v) is 9.25. The number of hydrogen-bond acceptors (Lipinski definition) is 7. The third-order valence-corrected chi connectivity index (χ3v) is 6.47. The summed E-state index contributed by atoms with van der Waals surface area (Å²) in [6.45, 7) is 0.641. The third-order valence-electron chi connectivity index (χ3n) is 6.47. The first-order chi connectivity index (χ1) is 20.5. The van der Waals surface area contributed by atoms with Crippen LogP contribution in [-0.2, 0) is 22.8 Å². The Balaban J connectivity index is 1.29. The van der Waals surface area contributed by atoms with E-state index in [1.54, 1.807) is 55.6 Å². The van der Waals surface area contributed by atoms with E-state index in [1.165, 1.54) is 13.2 Å². The largest absolute Gasteiger partial charge is 0.493 e. The van der Waals surface area contributed by atoms with Crippen molar-refractivity contribution in [1.82, 2.24) is 5.32 Å². The summed E-state index contributed by atoms with van der Waals surface area (Å²) in [5, 5.41) is 2.22. The number of hydrogen-bond donors (Lipinski definition) is 1. The Morgan fingerprint density at radius 1 is 0.667 bits per heavy atom. The van der Waals surface area contributed by atoms with Gasteiger partial charge in [-0.25, -0.2) is 9.69 Å². The molecule has 0 atom stereocenters. The van der Waals surface area contributed by atoms with Gasteiger partial charge < -0.3 is 18.9 Å². The van der Waals surface area contributed by atoms with Crippen LogP contribution >= 0.6 is 0 Å². The Hall–Kier alpha value is -5.57. The molecule has 1 aliphatic rings. The lowest BCUT2D eigenvalue weighted by Crippen LogP contribution is -2.54. The number of amides is 4. The minimum absolute atomic E-state index is 0.184. The molecule has 5 rings (SSSR count). The molecule has 9 heteroatoms. The number of nitrogens with one attached hydrogen (secondary N) is 1. The van der Waals surface area contributed by atoms with Gasteiger partial charge in [-0.15, -0.1) is 0 Å². The fourth-order valence-electron chi connectivity index (χ4n) is 4.35. The highest BCUT2D eigenvalue weighted by atomic mass is 16.5. The van der Waals surface area contributed by atoms with E-state index in [4.69, 9.17) is 18.9 Å². The van der Waals surface area contributed by atoms with Crippen LogP contribution in [0.2, 0.25) is 0 Å². The number of carbonyl (C=O) groups is 3. The van der Waals surface area contributed by atoms with Gasteiger partial charge in [0.25, 0.3) is 11.8 Å². The van der Waals surface area contributed by atoms with Crippen molar-refractivity contribution < 1.29 is 33.3 Å². The summed E-state index contributed by atoms with van der Waals surface area (Å²) < 4.78 is 23.0. The number of para-hydroxylation sites is 1. The van der Waals surface area contributed by atoms with Crippen LogP contribution in [0, 0.1) is 0 Å². The van der Waals surface area contributed by atoms with E-state index in [9.17, 15) is 14.4 Å². The molecule has 0 saturated carbocycles. The van der Waals surface area contributed by atoms with Crippen molar-refractivity contribution in [2.24, 2.45) is 0 Å². The molecule has 4 aromatic rings. The number of carbonyl (C=O) groups excluding carboxylic acids is 3. The minimum Gasteiger partial charge on any atom is -0.493 e. The Bertz CT molecular complexity index is 1640. The van der Waals surface area contributed by atoms with Gasteiger partial charge in [-0.2, -0.15) is 0 Å². The Morgan fingerprint density at radius 2 is 1.26 bits per heavy atom. The highest BCUT2D eigenvalue weighted by Gasteiger charge is 2.36. The average molecular weight is 565 g/mol. The fourth-order valence-corrected chi connectivity index (χ4v) is 4.35. The summed E-state index contributed by atoms with van der Waals surface area (Å²) in [5.41, 5.74) is 2.58. The molecule has 0 radical (unpaired) electrons.